The fourth-order valence-corrected chi connectivity index (χ4v) is 4.90. The van der Waals surface area contributed by atoms with E-state index in [9.17, 15) is 4.79 Å². The zero-order chi connectivity index (χ0) is 16.7. The fourth-order valence-electron chi connectivity index (χ4n) is 3.08. The quantitative estimate of drug-likeness (QED) is 0.693. The molecule has 5 nitrogen and oxygen atoms in total. The van der Waals surface area contributed by atoms with Gasteiger partial charge in [0.1, 0.15) is 9.88 Å². The molecule has 7 heteroatoms. The van der Waals surface area contributed by atoms with Gasteiger partial charge >= 0.3 is 0 Å². The topological polar surface area (TPSA) is 59.2 Å². The van der Waals surface area contributed by atoms with Crippen LogP contribution in [0.1, 0.15) is 45.7 Å². The van der Waals surface area contributed by atoms with Gasteiger partial charge in [0.25, 0.3) is 5.91 Å². The number of thiazole rings is 1. The molecule has 24 heavy (non-hydrogen) atoms. The lowest BCUT2D eigenvalue weighted by atomic mass is 10.1. The van der Waals surface area contributed by atoms with E-state index in [1.807, 2.05) is 42.3 Å². The number of aromatic nitrogens is 2. The summed E-state index contributed by atoms with van der Waals surface area (Å²) in [6, 6.07) is 5.94. The Labute approximate surface area is 147 Å². The molecule has 0 radical (unpaired) electrons. The number of rotatable bonds is 3. The molecule has 0 spiro atoms. The van der Waals surface area contributed by atoms with Gasteiger partial charge in [-0.2, -0.15) is 0 Å². The molecule has 3 aromatic heterocycles. The van der Waals surface area contributed by atoms with Crippen molar-refractivity contribution in [1.29, 1.82) is 0 Å². The molecule has 1 atom stereocenters. The summed E-state index contributed by atoms with van der Waals surface area (Å²) < 4.78 is 5.40. The standard InChI is InChI=1S/C17H17N3O2S2/c1-10-9-13(22-19-10)12-5-3-7-20(12)17(21)15-11(2)18-16(24-15)14-6-4-8-23-14/h4,6,8-9,12H,3,5,7H2,1-2H3/t12-/m1/s1. The SMILES string of the molecule is Cc1cc([C@H]2CCCN2C(=O)c2sc(-c3cccs3)nc2C)on1. The molecular weight excluding hydrogens is 342 g/mol. The van der Waals surface area contributed by atoms with Crippen molar-refractivity contribution in [2.45, 2.75) is 32.7 Å². The predicted octanol–water partition coefficient (Wildman–Crippen LogP) is 4.45. The van der Waals surface area contributed by atoms with Crippen molar-refractivity contribution in [3.05, 3.63) is 45.6 Å². The lowest BCUT2D eigenvalue weighted by molar-refractivity contribution is 0.0718. The number of likely N-dealkylation sites (tertiary alicyclic amines) is 1. The van der Waals surface area contributed by atoms with Crippen molar-refractivity contribution >= 4 is 28.6 Å². The van der Waals surface area contributed by atoms with Crippen molar-refractivity contribution in [2.75, 3.05) is 6.54 Å². The smallest absolute Gasteiger partial charge is 0.266 e. The molecule has 1 saturated heterocycles. The van der Waals surface area contributed by atoms with Gasteiger partial charge in [0, 0.05) is 12.6 Å². The van der Waals surface area contributed by atoms with Gasteiger partial charge in [-0.3, -0.25) is 4.79 Å². The van der Waals surface area contributed by atoms with Crippen LogP contribution >= 0.6 is 22.7 Å². The van der Waals surface area contributed by atoms with E-state index >= 15 is 0 Å². The fraction of sp³-hybridized carbons (Fsp3) is 0.353. The van der Waals surface area contributed by atoms with E-state index in [-0.39, 0.29) is 11.9 Å². The lowest BCUT2D eigenvalue weighted by Gasteiger charge is -2.22. The lowest BCUT2D eigenvalue weighted by Crippen LogP contribution is -2.30. The van der Waals surface area contributed by atoms with Crippen LogP contribution in [-0.4, -0.2) is 27.5 Å². The molecule has 4 heterocycles. The van der Waals surface area contributed by atoms with Crippen LogP contribution in [0.5, 0.6) is 0 Å². The van der Waals surface area contributed by atoms with Crippen molar-refractivity contribution in [2.24, 2.45) is 0 Å². The largest absolute Gasteiger partial charge is 0.359 e. The van der Waals surface area contributed by atoms with Gasteiger partial charge in [-0.25, -0.2) is 4.98 Å². The zero-order valence-electron chi connectivity index (χ0n) is 13.5. The first-order chi connectivity index (χ1) is 11.6. The summed E-state index contributed by atoms with van der Waals surface area (Å²) in [6.45, 7) is 4.55. The van der Waals surface area contributed by atoms with E-state index in [1.54, 1.807) is 11.3 Å². The number of amides is 1. The highest BCUT2D eigenvalue weighted by Gasteiger charge is 2.34. The van der Waals surface area contributed by atoms with Crippen molar-refractivity contribution in [1.82, 2.24) is 15.0 Å². The predicted molar refractivity (Wildman–Crippen MR) is 94.4 cm³/mol. The highest BCUT2D eigenvalue weighted by atomic mass is 32.1. The Morgan fingerprint density at radius 3 is 3.00 bits per heavy atom. The third kappa shape index (κ3) is 2.67. The van der Waals surface area contributed by atoms with Gasteiger partial charge in [0.05, 0.1) is 22.3 Å². The van der Waals surface area contributed by atoms with Crippen molar-refractivity contribution < 1.29 is 9.32 Å². The number of hydrogen-bond donors (Lipinski definition) is 0. The summed E-state index contributed by atoms with van der Waals surface area (Å²) in [5.41, 5.74) is 1.64. The van der Waals surface area contributed by atoms with Crippen LogP contribution < -0.4 is 0 Å². The van der Waals surface area contributed by atoms with Crippen LogP contribution in [0.25, 0.3) is 9.88 Å². The molecule has 0 saturated carbocycles. The molecule has 0 aromatic carbocycles. The molecule has 1 fully saturated rings. The zero-order valence-corrected chi connectivity index (χ0v) is 15.1. The van der Waals surface area contributed by atoms with Crippen LogP contribution in [0.3, 0.4) is 0 Å². The number of carbonyl (C=O) groups excluding carboxylic acids is 1. The van der Waals surface area contributed by atoms with E-state index in [0.717, 1.165) is 51.3 Å². The molecule has 3 aromatic rings. The van der Waals surface area contributed by atoms with Gasteiger partial charge in [-0.1, -0.05) is 11.2 Å². The molecule has 1 aliphatic rings. The molecule has 1 amide bonds. The van der Waals surface area contributed by atoms with E-state index in [2.05, 4.69) is 10.1 Å². The minimum atomic E-state index is -0.0228. The summed E-state index contributed by atoms with van der Waals surface area (Å²) in [5, 5.41) is 6.90. The maximum absolute atomic E-state index is 13.1. The average Bonchev–Trinajstić information content (AvgIpc) is 3.33. The first kappa shape index (κ1) is 15.5. The third-order valence-electron chi connectivity index (χ3n) is 4.21. The Morgan fingerprint density at radius 2 is 2.29 bits per heavy atom. The third-order valence-corrected chi connectivity index (χ3v) is 6.40. The van der Waals surface area contributed by atoms with Crippen LogP contribution in [0, 0.1) is 13.8 Å². The van der Waals surface area contributed by atoms with Gasteiger partial charge in [-0.05, 0) is 38.1 Å². The molecule has 1 aliphatic heterocycles. The molecule has 124 valence electrons. The second-order valence-electron chi connectivity index (χ2n) is 5.94. The molecule has 0 aliphatic carbocycles. The number of thiophene rings is 1. The average molecular weight is 359 g/mol. The number of carbonyl (C=O) groups is 1. The minimum Gasteiger partial charge on any atom is -0.359 e. The first-order valence-electron chi connectivity index (χ1n) is 7.89. The summed E-state index contributed by atoms with van der Waals surface area (Å²) >= 11 is 3.12. The molecule has 0 unspecified atom stereocenters. The van der Waals surface area contributed by atoms with Crippen molar-refractivity contribution in [3.63, 3.8) is 0 Å². The van der Waals surface area contributed by atoms with E-state index in [1.165, 1.54) is 11.3 Å². The Balaban J connectivity index is 1.63. The van der Waals surface area contributed by atoms with Gasteiger partial charge < -0.3 is 9.42 Å². The summed E-state index contributed by atoms with van der Waals surface area (Å²) in [4.78, 5) is 21.4. The Morgan fingerprint density at radius 1 is 1.42 bits per heavy atom. The van der Waals surface area contributed by atoms with Gasteiger partial charge in [-0.15, -0.1) is 22.7 Å². The number of hydrogen-bond acceptors (Lipinski definition) is 6. The van der Waals surface area contributed by atoms with Crippen LogP contribution in [0.2, 0.25) is 0 Å². The maximum Gasteiger partial charge on any atom is 0.266 e. The van der Waals surface area contributed by atoms with Crippen LogP contribution in [0.4, 0.5) is 0 Å². The first-order valence-corrected chi connectivity index (χ1v) is 9.58. The highest BCUT2D eigenvalue weighted by Crippen LogP contribution is 2.37. The molecule has 0 bridgehead atoms. The summed E-state index contributed by atoms with van der Waals surface area (Å²) in [7, 11) is 0. The normalized spacial score (nSPS) is 17.6. The van der Waals surface area contributed by atoms with Gasteiger partial charge in [0.2, 0.25) is 0 Å². The van der Waals surface area contributed by atoms with Crippen LogP contribution in [0.15, 0.2) is 28.1 Å². The number of aryl methyl sites for hydroxylation is 2. The van der Waals surface area contributed by atoms with Gasteiger partial charge in [0.15, 0.2) is 5.76 Å². The Bertz CT molecular complexity index is 866. The summed E-state index contributed by atoms with van der Waals surface area (Å²) in [6.07, 6.45) is 1.89. The Kier molecular flexibility index (Phi) is 3.97. The second kappa shape index (κ2) is 6.14. The van der Waals surface area contributed by atoms with E-state index in [0.29, 0.717) is 0 Å². The highest BCUT2D eigenvalue weighted by molar-refractivity contribution is 7.22. The minimum absolute atomic E-state index is 0.0228. The van der Waals surface area contributed by atoms with Crippen LogP contribution in [-0.2, 0) is 0 Å². The Hall–Kier alpha value is -1.99. The second-order valence-corrected chi connectivity index (χ2v) is 7.88. The molecule has 4 rings (SSSR count). The van der Waals surface area contributed by atoms with E-state index < -0.39 is 0 Å². The number of nitrogens with zero attached hydrogens (tertiary/aromatic N) is 3. The van der Waals surface area contributed by atoms with Crippen molar-refractivity contribution in [3.8, 4) is 9.88 Å². The maximum atomic E-state index is 13.1. The molecular formula is C17H17N3O2S2. The summed E-state index contributed by atoms with van der Waals surface area (Å²) in [5.74, 6) is 0.823. The van der Waals surface area contributed by atoms with E-state index in [4.69, 9.17) is 4.52 Å². The molecule has 0 N–H and O–H groups in total. The monoisotopic (exact) mass is 359 g/mol.